The van der Waals surface area contributed by atoms with Crippen molar-refractivity contribution in [3.63, 3.8) is 0 Å². The van der Waals surface area contributed by atoms with Crippen molar-refractivity contribution < 1.29 is 28.6 Å². The third-order valence-electron chi connectivity index (χ3n) is 3.77. The van der Waals surface area contributed by atoms with Crippen molar-refractivity contribution in [3.8, 4) is 11.5 Å². The largest absolute Gasteiger partial charge is 0.489 e. The van der Waals surface area contributed by atoms with Crippen LogP contribution in [0.1, 0.15) is 22.3 Å². The molecule has 0 saturated heterocycles. The van der Waals surface area contributed by atoms with Gasteiger partial charge in [0.25, 0.3) is 11.8 Å². The molecule has 29 heavy (non-hydrogen) atoms. The third-order valence-corrected chi connectivity index (χ3v) is 4.88. The summed E-state index contributed by atoms with van der Waals surface area (Å²) in [6.45, 7) is 0.513. The number of fused-ring (bicyclic) bond motifs is 1. The van der Waals surface area contributed by atoms with E-state index in [1.165, 1.54) is 18.2 Å². The highest BCUT2D eigenvalue weighted by molar-refractivity contribution is 7.14. The minimum Gasteiger partial charge on any atom is -0.489 e. The van der Waals surface area contributed by atoms with Gasteiger partial charge in [-0.1, -0.05) is 11.6 Å². The van der Waals surface area contributed by atoms with Crippen LogP contribution < -0.4 is 20.5 Å². The highest BCUT2D eigenvalue weighted by Gasteiger charge is 2.16. The van der Waals surface area contributed by atoms with Crippen LogP contribution in [0.4, 0.5) is 5.00 Å². The number of anilines is 1. The molecule has 0 aliphatic carbocycles. The molecule has 0 radical (unpaired) electrons. The zero-order valence-corrected chi connectivity index (χ0v) is 16.7. The van der Waals surface area contributed by atoms with Gasteiger partial charge in [0.15, 0.2) is 18.1 Å². The molecule has 1 aromatic heterocycles. The molecule has 2 heterocycles. The molecule has 3 N–H and O–H groups in total. The second kappa shape index (κ2) is 9.44. The molecule has 0 spiro atoms. The van der Waals surface area contributed by atoms with E-state index in [0.717, 1.165) is 17.8 Å². The van der Waals surface area contributed by atoms with Crippen molar-refractivity contribution in [1.82, 2.24) is 0 Å². The Morgan fingerprint density at radius 1 is 1.28 bits per heavy atom. The fourth-order valence-corrected chi connectivity index (χ4v) is 3.54. The highest BCUT2D eigenvalue weighted by Crippen LogP contribution is 2.38. The number of esters is 1. The molecule has 10 heteroatoms. The minimum absolute atomic E-state index is 0.195. The van der Waals surface area contributed by atoms with Gasteiger partial charge in [-0.25, -0.2) is 4.79 Å². The van der Waals surface area contributed by atoms with Gasteiger partial charge < -0.3 is 25.3 Å². The van der Waals surface area contributed by atoms with Gasteiger partial charge in [0, 0.05) is 12.5 Å². The van der Waals surface area contributed by atoms with E-state index < -0.39 is 24.4 Å². The van der Waals surface area contributed by atoms with Crippen molar-refractivity contribution in [3.05, 3.63) is 45.8 Å². The van der Waals surface area contributed by atoms with Gasteiger partial charge in [-0.2, -0.15) is 0 Å². The maximum Gasteiger partial charge on any atom is 0.331 e. The average Bonchev–Trinajstić information content (AvgIpc) is 3.00. The molecule has 2 aromatic rings. The van der Waals surface area contributed by atoms with Crippen molar-refractivity contribution >= 4 is 51.8 Å². The molecule has 1 aliphatic rings. The van der Waals surface area contributed by atoms with Crippen molar-refractivity contribution in [2.24, 2.45) is 5.73 Å². The lowest BCUT2D eigenvalue weighted by Crippen LogP contribution is -2.21. The molecule has 2 amide bonds. The zero-order valence-electron chi connectivity index (χ0n) is 15.1. The number of hydrogen-bond donors (Lipinski definition) is 2. The smallest absolute Gasteiger partial charge is 0.331 e. The van der Waals surface area contributed by atoms with Crippen LogP contribution in [-0.2, 0) is 14.3 Å². The van der Waals surface area contributed by atoms with Crippen LogP contribution in [0.25, 0.3) is 6.08 Å². The molecule has 0 unspecified atom stereocenters. The highest BCUT2D eigenvalue weighted by atomic mass is 35.5. The first-order valence-electron chi connectivity index (χ1n) is 8.55. The quantitative estimate of drug-likeness (QED) is 0.531. The molecular formula is C19H17ClN2O6S. The van der Waals surface area contributed by atoms with Crippen LogP contribution in [0, 0.1) is 0 Å². The van der Waals surface area contributed by atoms with Crippen LogP contribution >= 0.6 is 22.9 Å². The van der Waals surface area contributed by atoms with Gasteiger partial charge in [0.05, 0.1) is 23.8 Å². The summed E-state index contributed by atoms with van der Waals surface area (Å²) < 4.78 is 16.0. The summed E-state index contributed by atoms with van der Waals surface area (Å²) in [6.07, 6.45) is 3.41. The molecule has 1 aromatic carbocycles. The monoisotopic (exact) mass is 436 g/mol. The number of nitrogens with two attached hydrogens (primary N) is 1. The Morgan fingerprint density at radius 3 is 2.86 bits per heavy atom. The number of ether oxygens (including phenoxy) is 3. The second-order valence-corrected chi connectivity index (χ2v) is 7.22. The fraction of sp³-hybridized carbons (Fsp3) is 0.211. The van der Waals surface area contributed by atoms with E-state index in [0.29, 0.717) is 40.3 Å². The molecule has 1 aliphatic heterocycles. The number of nitrogens with one attached hydrogen (secondary N) is 1. The van der Waals surface area contributed by atoms with Crippen LogP contribution in [0.15, 0.2) is 29.7 Å². The summed E-state index contributed by atoms with van der Waals surface area (Å²) in [5.41, 5.74) is 6.02. The summed E-state index contributed by atoms with van der Waals surface area (Å²) in [7, 11) is 0. The maximum atomic E-state index is 11.9. The number of carbonyl (C=O) groups is 3. The van der Waals surface area contributed by atoms with Gasteiger partial charge in [-0.3, -0.25) is 9.59 Å². The van der Waals surface area contributed by atoms with E-state index in [-0.39, 0.29) is 5.56 Å². The lowest BCUT2D eigenvalue weighted by Gasteiger charge is -2.10. The number of benzene rings is 1. The maximum absolute atomic E-state index is 11.9. The number of rotatable bonds is 6. The zero-order chi connectivity index (χ0) is 20.8. The van der Waals surface area contributed by atoms with E-state index in [1.54, 1.807) is 17.5 Å². The molecule has 0 atom stereocenters. The van der Waals surface area contributed by atoms with E-state index in [9.17, 15) is 14.4 Å². The predicted octanol–water partition coefficient (Wildman–Crippen LogP) is 2.86. The van der Waals surface area contributed by atoms with Crippen molar-refractivity contribution in [1.29, 1.82) is 0 Å². The summed E-state index contributed by atoms with van der Waals surface area (Å²) in [5, 5.41) is 4.77. The number of primary amides is 1. The van der Waals surface area contributed by atoms with Crippen molar-refractivity contribution in [2.75, 3.05) is 25.1 Å². The predicted molar refractivity (Wildman–Crippen MR) is 109 cm³/mol. The molecule has 0 saturated carbocycles. The molecule has 8 nitrogen and oxygen atoms in total. The average molecular weight is 437 g/mol. The summed E-state index contributed by atoms with van der Waals surface area (Å²) in [4.78, 5) is 35.0. The summed E-state index contributed by atoms with van der Waals surface area (Å²) in [6, 6.07) is 4.83. The minimum atomic E-state index is -0.718. The number of amides is 2. The molecule has 0 bridgehead atoms. The molecule has 3 rings (SSSR count). The Bertz CT molecular complexity index is 972. The first kappa shape index (κ1) is 20.7. The van der Waals surface area contributed by atoms with Gasteiger partial charge in [0.2, 0.25) is 0 Å². The summed E-state index contributed by atoms with van der Waals surface area (Å²) in [5.74, 6) is -0.983. The Labute approximate surface area is 175 Å². The number of halogens is 1. The van der Waals surface area contributed by atoms with Gasteiger partial charge in [-0.15, -0.1) is 11.3 Å². The Kier molecular flexibility index (Phi) is 6.73. The fourth-order valence-electron chi connectivity index (χ4n) is 2.46. The standard InChI is InChI=1S/C19H17ClN2O6S/c20-13-8-11(9-14-17(13)27-6-1-5-26-14)2-3-16(24)28-10-15(23)22-19-12(18(21)25)4-7-29-19/h2-4,7-9H,1,5-6,10H2,(H2,21,25)(H,22,23)/b3-2+. The Balaban J connectivity index is 1.55. The molecular weight excluding hydrogens is 420 g/mol. The second-order valence-electron chi connectivity index (χ2n) is 5.90. The first-order chi connectivity index (χ1) is 13.9. The van der Waals surface area contributed by atoms with Gasteiger partial charge >= 0.3 is 5.97 Å². The van der Waals surface area contributed by atoms with Crippen LogP contribution in [-0.4, -0.2) is 37.6 Å². The topological polar surface area (TPSA) is 117 Å². The first-order valence-corrected chi connectivity index (χ1v) is 9.81. The third kappa shape index (κ3) is 5.49. The van der Waals surface area contributed by atoms with E-state index in [1.807, 2.05) is 0 Å². The van der Waals surface area contributed by atoms with Crippen LogP contribution in [0.5, 0.6) is 11.5 Å². The lowest BCUT2D eigenvalue weighted by atomic mass is 10.2. The number of carbonyl (C=O) groups excluding carboxylic acids is 3. The lowest BCUT2D eigenvalue weighted by molar-refractivity contribution is -0.142. The Morgan fingerprint density at radius 2 is 2.07 bits per heavy atom. The SMILES string of the molecule is NC(=O)c1ccsc1NC(=O)COC(=O)/C=C/c1cc(Cl)c2c(c1)OCCCO2. The van der Waals surface area contributed by atoms with Gasteiger partial charge in [0.1, 0.15) is 5.00 Å². The molecule has 152 valence electrons. The van der Waals surface area contributed by atoms with E-state index in [4.69, 9.17) is 31.5 Å². The molecule has 0 fully saturated rings. The van der Waals surface area contributed by atoms with E-state index in [2.05, 4.69) is 5.32 Å². The Hall–Kier alpha value is -3.04. The number of hydrogen-bond acceptors (Lipinski definition) is 7. The van der Waals surface area contributed by atoms with Gasteiger partial charge in [-0.05, 0) is 35.2 Å². The van der Waals surface area contributed by atoms with Crippen LogP contribution in [0.3, 0.4) is 0 Å². The van der Waals surface area contributed by atoms with Crippen molar-refractivity contribution in [2.45, 2.75) is 6.42 Å². The number of thiophene rings is 1. The van der Waals surface area contributed by atoms with E-state index >= 15 is 0 Å². The normalized spacial score (nSPS) is 13.0. The summed E-state index contributed by atoms with van der Waals surface area (Å²) >= 11 is 7.34. The van der Waals surface area contributed by atoms with Crippen LogP contribution in [0.2, 0.25) is 5.02 Å².